The van der Waals surface area contributed by atoms with Crippen LogP contribution in [0.1, 0.15) is 24.8 Å². The number of fused-ring (bicyclic) bond motifs is 1. The van der Waals surface area contributed by atoms with Crippen molar-refractivity contribution in [1.29, 1.82) is 0 Å². The standard InChI is InChI=1S/C30H33N5O5S/c1-21-3-6-23(7-4-21)41(39,40)35-13-9-24-25(18-32(2)29(38)28(24)35)22-5-8-26(31-17-22)34-16-12-30(20-34)10-14-33(15-11-30)27(37)19-36/h3-9,13,17-18,36H,10-12,14-16,19-20H2,1-2H3. The molecule has 1 aromatic carbocycles. The van der Waals surface area contributed by atoms with Gasteiger partial charge in [-0.2, -0.15) is 0 Å². The van der Waals surface area contributed by atoms with Gasteiger partial charge in [0.15, 0.2) is 0 Å². The molecule has 5 heterocycles. The first-order valence-corrected chi connectivity index (χ1v) is 15.2. The molecule has 1 N–H and O–H groups in total. The minimum atomic E-state index is -3.97. The van der Waals surface area contributed by atoms with E-state index >= 15 is 0 Å². The normalized spacial score (nSPS) is 17.0. The summed E-state index contributed by atoms with van der Waals surface area (Å²) in [6.07, 6.45) is 7.78. The van der Waals surface area contributed by atoms with E-state index in [9.17, 15) is 18.0 Å². The van der Waals surface area contributed by atoms with Gasteiger partial charge < -0.3 is 19.5 Å². The lowest BCUT2D eigenvalue weighted by Gasteiger charge is -2.39. The van der Waals surface area contributed by atoms with Crippen molar-refractivity contribution in [1.82, 2.24) is 18.4 Å². The maximum atomic E-state index is 13.5. The van der Waals surface area contributed by atoms with Crippen molar-refractivity contribution in [2.24, 2.45) is 12.5 Å². The fraction of sp³-hybridized carbons (Fsp3) is 0.367. The lowest BCUT2D eigenvalue weighted by molar-refractivity contribution is -0.136. The zero-order valence-electron chi connectivity index (χ0n) is 23.2. The fourth-order valence-corrected chi connectivity index (χ4v) is 7.53. The number of aromatic nitrogens is 3. The number of carbonyl (C=O) groups excluding carboxylic acids is 1. The Hall–Kier alpha value is -3.96. The van der Waals surface area contributed by atoms with Crippen LogP contribution in [0.2, 0.25) is 0 Å². The lowest BCUT2D eigenvalue weighted by Crippen LogP contribution is -2.45. The summed E-state index contributed by atoms with van der Waals surface area (Å²) in [7, 11) is -2.35. The molecule has 0 aliphatic carbocycles. The molecule has 2 aliphatic heterocycles. The van der Waals surface area contributed by atoms with E-state index in [1.165, 1.54) is 10.8 Å². The molecular weight excluding hydrogens is 542 g/mol. The summed E-state index contributed by atoms with van der Waals surface area (Å²) in [4.78, 5) is 33.9. The van der Waals surface area contributed by atoms with Crippen LogP contribution in [0, 0.1) is 12.3 Å². The van der Waals surface area contributed by atoms with Crippen molar-refractivity contribution in [3.05, 3.63) is 77.0 Å². The van der Waals surface area contributed by atoms with Gasteiger partial charge in [0, 0.05) is 68.3 Å². The van der Waals surface area contributed by atoms with Crippen LogP contribution in [0.15, 0.2) is 70.7 Å². The first kappa shape index (κ1) is 27.2. The van der Waals surface area contributed by atoms with Crippen LogP contribution >= 0.6 is 0 Å². The molecule has 41 heavy (non-hydrogen) atoms. The summed E-state index contributed by atoms with van der Waals surface area (Å²) in [6.45, 7) is 4.53. The smallest absolute Gasteiger partial charge is 0.275 e. The molecule has 2 fully saturated rings. The van der Waals surface area contributed by atoms with Gasteiger partial charge >= 0.3 is 0 Å². The highest BCUT2D eigenvalue weighted by Crippen LogP contribution is 2.42. The Bertz CT molecular complexity index is 1780. The topological polar surface area (TPSA) is 118 Å². The number of aryl methyl sites for hydroxylation is 2. The highest BCUT2D eigenvalue weighted by atomic mass is 32.2. The molecule has 0 unspecified atom stereocenters. The number of anilines is 1. The molecular formula is C30H33N5O5S. The van der Waals surface area contributed by atoms with Gasteiger partial charge in [0.1, 0.15) is 17.9 Å². The quantitative estimate of drug-likeness (QED) is 0.389. The summed E-state index contributed by atoms with van der Waals surface area (Å²) in [5, 5.41) is 9.71. The Balaban J connectivity index is 1.28. The lowest BCUT2D eigenvalue weighted by atomic mass is 9.78. The zero-order chi connectivity index (χ0) is 28.9. The number of carbonyl (C=O) groups is 1. The van der Waals surface area contributed by atoms with Gasteiger partial charge in [-0.05, 0) is 61.9 Å². The van der Waals surface area contributed by atoms with Gasteiger partial charge in [-0.3, -0.25) is 9.59 Å². The number of piperidine rings is 1. The SMILES string of the molecule is Cc1ccc(S(=O)(=O)n2ccc3c(-c4ccc(N5CCC6(CCN(C(=O)CO)CC6)C5)nc4)cn(C)c(=O)c32)cc1. The molecule has 11 heteroatoms. The van der Waals surface area contributed by atoms with E-state index in [4.69, 9.17) is 10.1 Å². The second-order valence-electron chi connectivity index (χ2n) is 11.3. The molecule has 3 aromatic heterocycles. The van der Waals surface area contributed by atoms with E-state index < -0.39 is 22.2 Å². The van der Waals surface area contributed by atoms with Gasteiger partial charge in [-0.25, -0.2) is 17.4 Å². The maximum absolute atomic E-state index is 13.5. The van der Waals surface area contributed by atoms with Crippen LogP contribution in [0.25, 0.3) is 22.0 Å². The van der Waals surface area contributed by atoms with E-state index in [-0.39, 0.29) is 21.7 Å². The molecule has 0 atom stereocenters. The Labute approximate surface area is 238 Å². The summed E-state index contributed by atoms with van der Waals surface area (Å²) in [6, 6.07) is 12.2. The maximum Gasteiger partial charge on any atom is 0.275 e. The molecule has 6 rings (SSSR count). The fourth-order valence-electron chi connectivity index (χ4n) is 6.19. The molecule has 1 amide bonds. The monoisotopic (exact) mass is 575 g/mol. The molecule has 10 nitrogen and oxygen atoms in total. The second-order valence-corrected chi connectivity index (χ2v) is 13.1. The van der Waals surface area contributed by atoms with Gasteiger partial charge in [0.2, 0.25) is 5.91 Å². The average molecular weight is 576 g/mol. The number of aliphatic hydroxyl groups is 1. The Morgan fingerprint density at radius 2 is 1.73 bits per heavy atom. The van der Waals surface area contributed by atoms with E-state index in [0.717, 1.165) is 58.8 Å². The first-order valence-electron chi connectivity index (χ1n) is 13.7. The average Bonchev–Trinajstić information content (AvgIpc) is 3.61. The number of aliphatic hydroxyl groups excluding tert-OH is 1. The van der Waals surface area contributed by atoms with Crippen molar-refractivity contribution in [2.45, 2.75) is 31.1 Å². The number of hydrogen-bond acceptors (Lipinski definition) is 7. The second kappa shape index (κ2) is 10.1. The van der Waals surface area contributed by atoms with Crippen LogP contribution in [-0.2, 0) is 21.9 Å². The van der Waals surface area contributed by atoms with E-state index in [1.807, 2.05) is 19.1 Å². The number of hydrogen-bond donors (Lipinski definition) is 1. The molecule has 2 saturated heterocycles. The van der Waals surface area contributed by atoms with Gasteiger partial charge in [0.05, 0.1) is 4.90 Å². The van der Waals surface area contributed by atoms with E-state index in [1.54, 1.807) is 54.7 Å². The number of amides is 1. The van der Waals surface area contributed by atoms with Crippen molar-refractivity contribution < 1.29 is 18.3 Å². The van der Waals surface area contributed by atoms with Crippen LogP contribution < -0.4 is 10.5 Å². The van der Waals surface area contributed by atoms with Crippen LogP contribution in [0.5, 0.6) is 0 Å². The van der Waals surface area contributed by atoms with E-state index in [2.05, 4.69) is 4.90 Å². The number of benzene rings is 1. The summed E-state index contributed by atoms with van der Waals surface area (Å²) in [5.41, 5.74) is 2.29. The molecule has 0 bridgehead atoms. The first-order chi connectivity index (χ1) is 19.6. The van der Waals surface area contributed by atoms with E-state index in [0.29, 0.717) is 18.5 Å². The summed E-state index contributed by atoms with van der Waals surface area (Å²) in [5.74, 6) is 0.655. The molecule has 4 aromatic rings. The largest absolute Gasteiger partial charge is 0.387 e. The predicted molar refractivity (Wildman–Crippen MR) is 156 cm³/mol. The number of pyridine rings is 2. The third-order valence-corrected chi connectivity index (χ3v) is 10.4. The Morgan fingerprint density at radius 3 is 2.39 bits per heavy atom. The van der Waals surface area contributed by atoms with Gasteiger partial charge in [0.25, 0.3) is 15.6 Å². The predicted octanol–water partition coefficient (Wildman–Crippen LogP) is 2.76. The number of nitrogens with zero attached hydrogens (tertiary/aromatic N) is 5. The highest BCUT2D eigenvalue weighted by molar-refractivity contribution is 7.90. The minimum Gasteiger partial charge on any atom is -0.387 e. The van der Waals surface area contributed by atoms with Crippen molar-refractivity contribution in [3.63, 3.8) is 0 Å². The van der Waals surface area contributed by atoms with Crippen molar-refractivity contribution >= 4 is 32.7 Å². The molecule has 214 valence electrons. The van der Waals surface area contributed by atoms with Gasteiger partial charge in [-0.1, -0.05) is 17.7 Å². The Morgan fingerprint density at radius 1 is 1.02 bits per heavy atom. The van der Waals surface area contributed by atoms with Crippen LogP contribution in [0.4, 0.5) is 5.82 Å². The third-order valence-electron chi connectivity index (χ3n) is 8.70. The summed E-state index contributed by atoms with van der Waals surface area (Å²) < 4.78 is 29.4. The van der Waals surface area contributed by atoms with Crippen molar-refractivity contribution in [2.75, 3.05) is 37.7 Å². The summed E-state index contributed by atoms with van der Waals surface area (Å²) >= 11 is 0. The molecule has 0 saturated carbocycles. The third kappa shape index (κ3) is 4.72. The van der Waals surface area contributed by atoms with Gasteiger partial charge in [-0.15, -0.1) is 0 Å². The Kier molecular flexibility index (Phi) is 6.74. The molecule has 0 radical (unpaired) electrons. The number of rotatable bonds is 5. The van der Waals surface area contributed by atoms with Crippen LogP contribution in [-0.4, -0.2) is 70.6 Å². The molecule has 2 aliphatic rings. The van der Waals surface area contributed by atoms with Crippen LogP contribution in [0.3, 0.4) is 0 Å². The number of likely N-dealkylation sites (tertiary alicyclic amines) is 1. The zero-order valence-corrected chi connectivity index (χ0v) is 24.0. The highest BCUT2D eigenvalue weighted by Gasteiger charge is 2.41. The molecule has 1 spiro atoms. The minimum absolute atomic E-state index is 0.0992. The van der Waals surface area contributed by atoms with Crippen molar-refractivity contribution in [3.8, 4) is 11.1 Å².